The normalized spacial score (nSPS) is 24.4. The fraction of sp³-hybridized carbons (Fsp3) is 0.625. The van der Waals surface area contributed by atoms with Crippen molar-refractivity contribution in [2.45, 2.75) is 37.9 Å². The summed E-state index contributed by atoms with van der Waals surface area (Å²) in [6, 6.07) is 7.45. The largest absolute Gasteiger partial charge is 0.497 e. The van der Waals surface area contributed by atoms with Gasteiger partial charge in [-0.3, -0.25) is 0 Å². The van der Waals surface area contributed by atoms with Gasteiger partial charge < -0.3 is 20.3 Å². The van der Waals surface area contributed by atoms with Crippen molar-refractivity contribution in [2.75, 3.05) is 20.2 Å². The monoisotopic (exact) mass is 279 g/mol. The van der Waals surface area contributed by atoms with Gasteiger partial charge in [-0.25, -0.2) is 0 Å². The lowest BCUT2D eigenvalue weighted by molar-refractivity contribution is 0.0669. The molecule has 1 aromatic carbocycles. The maximum absolute atomic E-state index is 10.1. The number of hydrogen-bond acceptors (Lipinski definition) is 4. The minimum atomic E-state index is -0.526. The third-order valence-electron chi connectivity index (χ3n) is 4.11. The molecule has 1 saturated carbocycles. The van der Waals surface area contributed by atoms with Gasteiger partial charge in [0.25, 0.3) is 0 Å². The Morgan fingerprint density at radius 3 is 2.60 bits per heavy atom. The van der Waals surface area contributed by atoms with Gasteiger partial charge in [-0.05, 0) is 36.5 Å². The van der Waals surface area contributed by atoms with E-state index in [9.17, 15) is 10.2 Å². The Kier molecular flexibility index (Phi) is 5.83. The number of ether oxygens (including phenoxy) is 1. The molecule has 1 aliphatic rings. The van der Waals surface area contributed by atoms with Crippen LogP contribution in [-0.2, 0) is 0 Å². The number of aliphatic hydroxyl groups excluding tert-OH is 2. The first kappa shape index (κ1) is 15.3. The van der Waals surface area contributed by atoms with Crippen molar-refractivity contribution in [1.29, 1.82) is 0 Å². The smallest absolute Gasteiger partial charge is 0.118 e. The van der Waals surface area contributed by atoms with E-state index in [2.05, 4.69) is 5.32 Å². The van der Waals surface area contributed by atoms with Crippen molar-refractivity contribution in [3.05, 3.63) is 29.8 Å². The molecular weight excluding hydrogens is 254 g/mol. The molecule has 1 aliphatic carbocycles. The topological polar surface area (TPSA) is 61.7 Å². The van der Waals surface area contributed by atoms with Crippen LogP contribution in [0.15, 0.2) is 24.3 Å². The summed E-state index contributed by atoms with van der Waals surface area (Å²) in [7, 11) is 1.63. The molecule has 0 aromatic heterocycles. The van der Waals surface area contributed by atoms with E-state index in [1.807, 2.05) is 24.3 Å². The van der Waals surface area contributed by atoms with Gasteiger partial charge in [0.2, 0.25) is 0 Å². The quantitative estimate of drug-likeness (QED) is 0.744. The minimum Gasteiger partial charge on any atom is -0.497 e. The van der Waals surface area contributed by atoms with Crippen LogP contribution in [-0.4, -0.2) is 36.5 Å². The molecular formula is C16H25NO3. The third-order valence-corrected chi connectivity index (χ3v) is 4.11. The molecule has 20 heavy (non-hydrogen) atoms. The maximum atomic E-state index is 10.1. The Labute approximate surface area is 120 Å². The number of methoxy groups -OCH3 is 1. The van der Waals surface area contributed by atoms with Gasteiger partial charge in [-0.15, -0.1) is 0 Å². The van der Waals surface area contributed by atoms with Gasteiger partial charge in [0.05, 0.1) is 19.3 Å². The highest BCUT2D eigenvalue weighted by Crippen LogP contribution is 2.24. The first-order chi connectivity index (χ1) is 9.70. The molecule has 2 rings (SSSR count). The SMILES string of the molecule is COc1ccc(C(O)CNCC2CCCCC2O)cc1. The molecule has 0 aliphatic heterocycles. The summed E-state index contributed by atoms with van der Waals surface area (Å²) >= 11 is 0. The Morgan fingerprint density at radius 1 is 1.25 bits per heavy atom. The van der Waals surface area contributed by atoms with Crippen molar-refractivity contribution in [3.8, 4) is 5.75 Å². The van der Waals surface area contributed by atoms with Crippen molar-refractivity contribution in [3.63, 3.8) is 0 Å². The van der Waals surface area contributed by atoms with E-state index in [0.29, 0.717) is 12.5 Å². The maximum Gasteiger partial charge on any atom is 0.118 e. The van der Waals surface area contributed by atoms with E-state index in [4.69, 9.17) is 4.74 Å². The lowest BCUT2D eigenvalue weighted by atomic mass is 9.86. The van der Waals surface area contributed by atoms with E-state index in [0.717, 1.165) is 37.1 Å². The zero-order chi connectivity index (χ0) is 14.4. The highest BCUT2D eigenvalue weighted by Gasteiger charge is 2.22. The standard InChI is InChI=1S/C16H25NO3/c1-20-14-8-6-12(7-9-14)16(19)11-17-10-13-4-2-3-5-15(13)18/h6-9,13,15-19H,2-5,10-11H2,1H3. The number of rotatable bonds is 6. The molecule has 3 atom stereocenters. The van der Waals surface area contributed by atoms with E-state index < -0.39 is 6.10 Å². The second-order valence-corrected chi connectivity index (χ2v) is 5.56. The molecule has 0 radical (unpaired) electrons. The number of aliphatic hydroxyl groups is 2. The molecule has 112 valence electrons. The number of hydrogen-bond donors (Lipinski definition) is 3. The van der Waals surface area contributed by atoms with Crippen molar-refractivity contribution in [1.82, 2.24) is 5.32 Å². The molecule has 3 N–H and O–H groups in total. The van der Waals surface area contributed by atoms with Gasteiger partial charge in [0.15, 0.2) is 0 Å². The average molecular weight is 279 g/mol. The van der Waals surface area contributed by atoms with E-state index >= 15 is 0 Å². The Balaban J connectivity index is 1.75. The molecule has 3 unspecified atom stereocenters. The van der Waals surface area contributed by atoms with Crippen LogP contribution >= 0.6 is 0 Å². The Bertz CT molecular complexity index is 393. The zero-order valence-corrected chi connectivity index (χ0v) is 12.1. The molecule has 0 saturated heterocycles. The average Bonchev–Trinajstić information content (AvgIpc) is 2.49. The Hall–Kier alpha value is -1.10. The van der Waals surface area contributed by atoms with Crippen LogP contribution in [0.4, 0.5) is 0 Å². The first-order valence-electron chi connectivity index (χ1n) is 7.41. The molecule has 0 spiro atoms. The Morgan fingerprint density at radius 2 is 1.95 bits per heavy atom. The summed E-state index contributed by atoms with van der Waals surface area (Å²) in [5, 5.41) is 23.3. The van der Waals surface area contributed by atoms with Crippen LogP contribution in [0.1, 0.15) is 37.4 Å². The fourth-order valence-electron chi connectivity index (χ4n) is 2.78. The molecule has 4 heteroatoms. The highest BCUT2D eigenvalue weighted by atomic mass is 16.5. The molecule has 0 heterocycles. The fourth-order valence-corrected chi connectivity index (χ4v) is 2.78. The third kappa shape index (κ3) is 4.20. The van der Waals surface area contributed by atoms with Gasteiger partial charge in [-0.1, -0.05) is 25.0 Å². The second-order valence-electron chi connectivity index (χ2n) is 5.56. The van der Waals surface area contributed by atoms with E-state index in [1.165, 1.54) is 6.42 Å². The van der Waals surface area contributed by atoms with Gasteiger partial charge >= 0.3 is 0 Å². The van der Waals surface area contributed by atoms with Crippen LogP contribution in [0.25, 0.3) is 0 Å². The highest BCUT2D eigenvalue weighted by molar-refractivity contribution is 5.28. The van der Waals surface area contributed by atoms with E-state index in [-0.39, 0.29) is 6.10 Å². The van der Waals surface area contributed by atoms with Crippen molar-refractivity contribution in [2.24, 2.45) is 5.92 Å². The summed E-state index contributed by atoms with van der Waals surface area (Å²) in [4.78, 5) is 0. The molecule has 0 amide bonds. The minimum absolute atomic E-state index is 0.186. The van der Waals surface area contributed by atoms with Crippen LogP contribution in [0.5, 0.6) is 5.75 Å². The summed E-state index contributed by atoms with van der Waals surface area (Å²) < 4.78 is 5.10. The van der Waals surface area contributed by atoms with Crippen LogP contribution in [0.2, 0.25) is 0 Å². The molecule has 1 fully saturated rings. The second kappa shape index (κ2) is 7.62. The first-order valence-corrected chi connectivity index (χ1v) is 7.41. The predicted molar refractivity (Wildman–Crippen MR) is 78.8 cm³/mol. The summed E-state index contributed by atoms with van der Waals surface area (Å²) in [6.07, 6.45) is 3.60. The number of nitrogens with one attached hydrogen (secondary N) is 1. The zero-order valence-electron chi connectivity index (χ0n) is 12.1. The predicted octanol–water partition coefficient (Wildman–Crippen LogP) is 1.87. The van der Waals surface area contributed by atoms with Crippen molar-refractivity contribution < 1.29 is 14.9 Å². The summed E-state index contributed by atoms with van der Waals surface area (Å²) in [6.45, 7) is 1.28. The van der Waals surface area contributed by atoms with Gasteiger partial charge in [-0.2, -0.15) is 0 Å². The van der Waals surface area contributed by atoms with Crippen LogP contribution in [0, 0.1) is 5.92 Å². The van der Waals surface area contributed by atoms with Crippen molar-refractivity contribution >= 4 is 0 Å². The van der Waals surface area contributed by atoms with Crippen LogP contribution in [0.3, 0.4) is 0 Å². The van der Waals surface area contributed by atoms with E-state index in [1.54, 1.807) is 7.11 Å². The van der Waals surface area contributed by atoms with Crippen LogP contribution < -0.4 is 10.1 Å². The number of benzene rings is 1. The summed E-state index contributed by atoms with van der Waals surface area (Å²) in [5.74, 6) is 1.12. The lowest BCUT2D eigenvalue weighted by Crippen LogP contribution is -2.35. The molecule has 1 aromatic rings. The summed E-state index contributed by atoms with van der Waals surface area (Å²) in [5.41, 5.74) is 0.877. The molecule has 4 nitrogen and oxygen atoms in total. The lowest BCUT2D eigenvalue weighted by Gasteiger charge is -2.28. The van der Waals surface area contributed by atoms with Gasteiger partial charge in [0.1, 0.15) is 5.75 Å². The molecule has 0 bridgehead atoms. The van der Waals surface area contributed by atoms with Gasteiger partial charge in [0, 0.05) is 13.1 Å².